The molecule has 3 rings (SSSR count). The molecule has 2 aromatic heterocycles. The summed E-state index contributed by atoms with van der Waals surface area (Å²) in [7, 11) is 0. The van der Waals surface area contributed by atoms with Crippen LogP contribution in [0, 0.1) is 0 Å². The molecule has 1 aliphatic heterocycles. The number of nitrogens with two attached hydrogens (primary N) is 1. The van der Waals surface area contributed by atoms with E-state index in [4.69, 9.17) is 5.73 Å². The Balaban J connectivity index is 1.91. The fourth-order valence-corrected chi connectivity index (χ4v) is 2.93. The third kappa shape index (κ3) is 1.76. The SMILES string of the molecule is Nc1nc(CN2CCCC2)nc2sccc12. The lowest BCUT2D eigenvalue weighted by atomic mass is 10.4. The van der Waals surface area contributed by atoms with Crippen LogP contribution in [0.4, 0.5) is 5.82 Å². The first-order valence-electron chi connectivity index (χ1n) is 5.55. The van der Waals surface area contributed by atoms with Crippen LogP contribution < -0.4 is 5.73 Å². The molecule has 0 amide bonds. The number of likely N-dealkylation sites (tertiary alicyclic amines) is 1. The van der Waals surface area contributed by atoms with Crippen molar-refractivity contribution in [3.8, 4) is 0 Å². The van der Waals surface area contributed by atoms with Crippen LogP contribution in [0.3, 0.4) is 0 Å². The van der Waals surface area contributed by atoms with Gasteiger partial charge in [-0.05, 0) is 37.4 Å². The van der Waals surface area contributed by atoms with Gasteiger partial charge in [-0.15, -0.1) is 11.3 Å². The first-order valence-corrected chi connectivity index (χ1v) is 6.43. The molecule has 0 atom stereocenters. The zero-order valence-electron chi connectivity index (χ0n) is 9.02. The van der Waals surface area contributed by atoms with Crippen molar-refractivity contribution >= 4 is 27.4 Å². The highest BCUT2D eigenvalue weighted by atomic mass is 32.1. The molecule has 0 aliphatic carbocycles. The second-order valence-electron chi connectivity index (χ2n) is 4.15. The van der Waals surface area contributed by atoms with Crippen molar-refractivity contribution in [1.82, 2.24) is 14.9 Å². The number of nitrogen functional groups attached to an aromatic ring is 1. The number of hydrogen-bond donors (Lipinski definition) is 1. The van der Waals surface area contributed by atoms with Crippen molar-refractivity contribution < 1.29 is 0 Å². The summed E-state index contributed by atoms with van der Waals surface area (Å²) < 4.78 is 0. The minimum absolute atomic E-state index is 0.612. The van der Waals surface area contributed by atoms with Crippen molar-refractivity contribution in [3.63, 3.8) is 0 Å². The van der Waals surface area contributed by atoms with Gasteiger partial charge in [-0.1, -0.05) is 0 Å². The highest BCUT2D eigenvalue weighted by molar-refractivity contribution is 7.16. The van der Waals surface area contributed by atoms with Crippen molar-refractivity contribution in [2.24, 2.45) is 0 Å². The number of thiophene rings is 1. The molecule has 1 aliphatic rings. The van der Waals surface area contributed by atoms with E-state index in [0.717, 1.165) is 35.7 Å². The Morgan fingerprint density at radius 3 is 2.94 bits per heavy atom. The quantitative estimate of drug-likeness (QED) is 0.862. The predicted octanol–water partition coefficient (Wildman–Crippen LogP) is 1.87. The summed E-state index contributed by atoms with van der Waals surface area (Å²) in [5, 5.41) is 2.99. The third-order valence-electron chi connectivity index (χ3n) is 2.96. The molecule has 0 saturated carbocycles. The normalized spacial score (nSPS) is 17.2. The van der Waals surface area contributed by atoms with E-state index in [1.807, 2.05) is 11.4 Å². The number of nitrogens with zero attached hydrogens (tertiary/aromatic N) is 3. The van der Waals surface area contributed by atoms with Crippen molar-refractivity contribution in [2.45, 2.75) is 19.4 Å². The molecule has 1 saturated heterocycles. The van der Waals surface area contributed by atoms with Crippen LogP contribution in [0.25, 0.3) is 10.2 Å². The summed E-state index contributed by atoms with van der Waals surface area (Å²) in [6, 6.07) is 1.98. The van der Waals surface area contributed by atoms with Crippen LogP contribution in [0.1, 0.15) is 18.7 Å². The lowest BCUT2D eigenvalue weighted by Gasteiger charge is -2.13. The molecule has 4 nitrogen and oxygen atoms in total. The maximum atomic E-state index is 5.91. The maximum Gasteiger partial charge on any atom is 0.146 e. The van der Waals surface area contributed by atoms with Gasteiger partial charge in [-0.3, -0.25) is 4.90 Å². The zero-order chi connectivity index (χ0) is 11.0. The van der Waals surface area contributed by atoms with E-state index in [2.05, 4.69) is 14.9 Å². The number of aromatic nitrogens is 2. The highest BCUT2D eigenvalue weighted by Crippen LogP contribution is 2.23. The van der Waals surface area contributed by atoms with Gasteiger partial charge in [0.25, 0.3) is 0 Å². The topological polar surface area (TPSA) is 55.0 Å². The van der Waals surface area contributed by atoms with E-state index >= 15 is 0 Å². The molecule has 5 heteroatoms. The fourth-order valence-electron chi connectivity index (χ4n) is 2.14. The summed E-state index contributed by atoms with van der Waals surface area (Å²) >= 11 is 1.62. The van der Waals surface area contributed by atoms with Crippen molar-refractivity contribution in [2.75, 3.05) is 18.8 Å². The van der Waals surface area contributed by atoms with Gasteiger partial charge in [-0.25, -0.2) is 9.97 Å². The average Bonchev–Trinajstić information content (AvgIpc) is 2.87. The van der Waals surface area contributed by atoms with E-state index in [1.54, 1.807) is 11.3 Å². The van der Waals surface area contributed by atoms with Gasteiger partial charge in [0.2, 0.25) is 0 Å². The Morgan fingerprint density at radius 1 is 1.31 bits per heavy atom. The second-order valence-corrected chi connectivity index (χ2v) is 5.04. The van der Waals surface area contributed by atoms with E-state index < -0.39 is 0 Å². The Bertz CT molecular complexity index is 502. The second kappa shape index (κ2) is 3.99. The molecule has 3 heterocycles. The lowest BCUT2D eigenvalue weighted by molar-refractivity contribution is 0.323. The van der Waals surface area contributed by atoms with Gasteiger partial charge in [0, 0.05) is 0 Å². The number of fused-ring (bicyclic) bond motifs is 1. The molecule has 0 unspecified atom stereocenters. The standard InChI is InChI=1S/C11H14N4S/c12-10-8-3-6-16-11(8)14-9(13-10)7-15-4-1-2-5-15/h3,6H,1-2,4-5,7H2,(H2,12,13,14). The fraction of sp³-hybridized carbons (Fsp3) is 0.455. The van der Waals surface area contributed by atoms with E-state index in [0.29, 0.717) is 5.82 Å². The number of anilines is 1. The molecule has 0 aromatic carbocycles. The summed E-state index contributed by atoms with van der Waals surface area (Å²) in [5.74, 6) is 1.47. The summed E-state index contributed by atoms with van der Waals surface area (Å²) in [6.45, 7) is 3.15. The van der Waals surface area contributed by atoms with Gasteiger partial charge in [-0.2, -0.15) is 0 Å². The summed E-state index contributed by atoms with van der Waals surface area (Å²) in [4.78, 5) is 12.3. The van der Waals surface area contributed by atoms with Gasteiger partial charge in [0.15, 0.2) is 0 Å². The van der Waals surface area contributed by atoms with Crippen LogP contribution in [0.5, 0.6) is 0 Å². The largest absolute Gasteiger partial charge is 0.383 e. The summed E-state index contributed by atoms with van der Waals surface area (Å²) in [6.07, 6.45) is 2.58. The molecule has 84 valence electrons. The van der Waals surface area contributed by atoms with Crippen LogP contribution >= 0.6 is 11.3 Å². The van der Waals surface area contributed by atoms with Gasteiger partial charge in [0.05, 0.1) is 11.9 Å². The third-order valence-corrected chi connectivity index (χ3v) is 3.77. The van der Waals surface area contributed by atoms with Crippen molar-refractivity contribution in [1.29, 1.82) is 0 Å². The molecule has 0 radical (unpaired) electrons. The van der Waals surface area contributed by atoms with E-state index in [9.17, 15) is 0 Å². The molecule has 2 aromatic rings. The maximum absolute atomic E-state index is 5.91. The van der Waals surface area contributed by atoms with Crippen LogP contribution in [-0.2, 0) is 6.54 Å². The smallest absolute Gasteiger partial charge is 0.146 e. The van der Waals surface area contributed by atoms with Crippen LogP contribution in [0.15, 0.2) is 11.4 Å². The van der Waals surface area contributed by atoms with Gasteiger partial charge in [0.1, 0.15) is 16.5 Å². The Kier molecular flexibility index (Phi) is 2.49. The number of hydrogen-bond acceptors (Lipinski definition) is 5. The molecule has 2 N–H and O–H groups in total. The highest BCUT2D eigenvalue weighted by Gasteiger charge is 2.14. The summed E-state index contributed by atoms with van der Waals surface area (Å²) in [5.41, 5.74) is 5.91. The Morgan fingerprint density at radius 2 is 2.12 bits per heavy atom. The van der Waals surface area contributed by atoms with Crippen LogP contribution in [0.2, 0.25) is 0 Å². The minimum atomic E-state index is 0.612. The Hall–Kier alpha value is -1.20. The van der Waals surface area contributed by atoms with Gasteiger partial charge >= 0.3 is 0 Å². The Labute approximate surface area is 98.1 Å². The molecule has 0 bridgehead atoms. The molecular weight excluding hydrogens is 220 g/mol. The molecule has 0 spiro atoms. The first-order chi connectivity index (χ1) is 7.83. The minimum Gasteiger partial charge on any atom is -0.383 e. The first kappa shape index (κ1) is 9.99. The zero-order valence-corrected chi connectivity index (χ0v) is 9.83. The van der Waals surface area contributed by atoms with E-state index in [-0.39, 0.29) is 0 Å². The lowest BCUT2D eigenvalue weighted by Crippen LogP contribution is -2.20. The average molecular weight is 234 g/mol. The monoisotopic (exact) mass is 234 g/mol. The predicted molar refractivity (Wildman–Crippen MR) is 66.3 cm³/mol. The van der Waals surface area contributed by atoms with E-state index in [1.165, 1.54) is 12.8 Å². The van der Waals surface area contributed by atoms with Crippen LogP contribution in [-0.4, -0.2) is 28.0 Å². The van der Waals surface area contributed by atoms with Gasteiger partial charge < -0.3 is 5.73 Å². The molecule has 1 fully saturated rings. The number of rotatable bonds is 2. The molecule has 16 heavy (non-hydrogen) atoms. The molecular formula is C11H14N4S. The van der Waals surface area contributed by atoms with Crippen molar-refractivity contribution in [3.05, 3.63) is 17.3 Å².